The van der Waals surface area contributed by atoms with E-state index in [9.17, 15) is 0 Å². The quantitative estimate of drug-likeness (QED) is 0.685. The summed E-state index contributed by atoms with van der Waals surface area (Å²) >= 11 is 0. The van der Waals surface area contributed by atoms with Crippen LogP contribution in [-0.4, -0.2) is 43.0 Å². The molecule has 0 bridgehead atoms. The maximum atomic E-state index is 6.75. The molecule has 5 aliphatic heterocycles. The van der Waals surface area contributed by atoms with Crippen LogP contribution in [0.1, 0.15) is 64.2 Å². The molecule has 6 atom stereocenters. The van der Waals surface area contributed by atoms with Crippen LogP contribution in [-0.2, 0) is 28.9 Å². The molecule has 0 amide bonds. The first kappa shape index (κ1) is 21.1. The summed E-state index contributed by atoms with van der Waals surface area (Å²) in [5.41, 5.74) is 3.61. The van der Waals surface area contributed by atoms with Crippen molar-refractivity contribution < 1.29 is 23.7 Å². The normalized spacial score (nSPS) is 39.7. The zero-order chi connectivity index (χ0) is 22.3. The zero-order valence-electron chi connectivity index (χ0n) is 20.2. The second kappa shape index (κ2) is 7.25. The van der Waals surface area contributed by atoms with Gasteiger partial charge in [0.1, 0.15) is 24.0 Å². The highest BCUT2D eigenvalue weighted by Gasteiger charge is 2.55. The van der Waals surface area contributed by atoms with Crippen molar-refractivity contribution in [2.24, 2.45) is 23.7 Å². The smallest absolute Gasteiger partial charge is 0.211 e. The topological polar surface area (TPSA) is 49.4 Å². The lowest BCUT2D eigenvalue weighted by atomic mass is 9.77. The summed E-state index contributed by atoms with van der Waals surface area (Å²) in [5, 5.41) is 0. The van der Waals surface area contributed by atoms with Gasteiger partial charge in [-0.2, -0.15) is 0 Å². The van der Waals surface area contributed by atoms with Gasteiger partial charge in [-0.15, -0.1) is 0 Å². The number of nitrogens with zero attached hydrogens (tertiary/aromatic N) is 1. The molecule has 0 spiro atoms. The van der Waals surface area contributed by atoms with E-state index in [1.54, 1.807) is 0 Å². The van der Waals surface area contributed by atoms with Gasteiger partial charge in [0.15, 0.2) is 0 Å². The van der Waals surface area contributed by atoms with Crippen LogP contribution in [0.4, 0.5) is 0 Å². The Morgan fingerprint density at radius 3 is 2.00 bits per heavy atom. The van der Waals surface area contributed by atoms with Crippen LogP contribution in [0.5, 0.6) is 17.2 Å². The Kier molecular flexibility index (Phi) is 4.77. The van der Waals surface area contributed by atoms with E-state index in [0.717, 1.165) is 56.4 Å². The predicted molar refractivity (Wildman–Crippen MR) is 120 cm³/mol. The fourth-order valence-electron chi connectivity index (χ4n) is 6.64. The minimum atomic E-state index is -0.584. The number of unbranched alkanes of at least 4 members (excludes halogenated alkanes) is 1. The molecule has 0 unspecified atom stereocenters. The van der Waals surface area contributed by atoms with E-state index < -0.39 is 11.6 Å². The zero-order valence-corrected chi connectivity index (χ0v) is 20.2. The number of hydrogen-bond donors (Lipinski definition) is 0. The summed E-state index contributed by atoms with van der Waals surface area (Å²) in [6.45, 7) is 15.0. The van der Waals surface area contributed by atoms with Crippen LogP contribution in [0.2, 0.25) is 0 Å². The predicted octanol–water partition coefficient (Wildman–Crippen LogP) is 4.51. The Hall–Kier alpha value is -1.50. The van der Waals surface area contributed by atoms with E-state index >= 15 is 0 Å². The van der Waals surface area contributed by atoms with E-state index in [4.69, 9.17) is 23.7 Å². The van der Waals surface area contributed by atoms with Gasteiger partial charge in [0, 0.05) is 49.9 Å². The molecule has 5 aliphatic rings. The molecule has 0 aromatic heterocycles. The Balaban J connectivity index is 1.49. The molecular formula is C26H37NO5. The molecule has 0 saturated carbocycles. The van der Waals surface area contributed by atoms with Gasteiger partial charge in [0.05, 0.1) is 18.8 Å². The minimum Gasteiger partial charge on any atom is -0.477 e. The average molecular weight is 444 g/mol. The van der Waals surface area contributed by atoms with Gasteiger partial charge in [0.2, 0.25) is 11.6 Å². The summed E-state index contributed by atoms with van der Waals surface area (Å²) in [5.74, 6) is 3.28. The highest BCUT2D eigenvalue weighted by Crippen LogP contribution is 2.58. The maximum Gasteiger partial charge on any atom is 0.211 e. The number of ether oxygens (including phenoxy) is 5. The molecule has 6 rings (SSSR count). The van der Waals surface area contributed by atoms with Gasteiger partial charge < -0.3 is 23.7 Å². The van der Waals surface area contributed by atoms with Crippen LogP contribution >= 0.6 is 0 Å². The van der Waals surface area contributed by atoms with Crippen molar-refractivity contribution in [1.29, 1.82) is 0 Å². The van der Waals surface area contributed by atoms with Crippen LogP contribution in [0, 0.1) is 23.7 Å². The van der Waals surface area contributed by atoms with Crippen molar-refractivity contribution in [1.82, 2.24) is 4.90 Å². The number of benzene rings is 1. The fourth-order valence-corrected chi connectivity index (χ4v) is 6.64. The van der Waals surface area contributed by atoms with Crippen molar-refractivity contribution in [3.8, 4) is 17.2 Å². The van der Waals surface area contributed by atoms with Crippen molar-refractivity contribution in [3.05, 3.63) is 16.7 Å². The molecule has 6 nitrogen and oxygen atoms in total. The van der Waals surface area contributed by atoms with Gasteiger partial charge >= 0.3 is 0 Å². The molecule has 6 heteroatoms. The third kappa shape index (κ3) is 2.95. The second-order valence-electron chi connectivity index (χ2n) is 11.0. The number of hydrogen-bond acceptors (Lipinski definition) is 6. The largest absolute Gasteiger partial charge is 0.477 e. The third-order valence-corrected chi connectivity index (χ3v) is 8.69. The Morgan fingerprint density at radius 2 is 1.41 bits per heavy atom. The fraction of sp³-hybridized carbons (Fsp3) is 0.769. The van der Waals surface area contributed by atoms with Crippen molar-refractivity contribution in [2.45, 2.75) is 78.4 Å². The number of fused-ring (bicyclic) bond motifs is 8. The van der Waals surface area contributed by atoms with Crippen molar-refractivity contribution in [3.63, 3.8) is 0 Å². The summed E-state index contributed by atoms with van der Waals surface area (Å²) in [4.78, 5) is 2.39. The first-order valence-corrected chi connectivity index (χ1v) is 12.5. The van der Waals surface area contributed by atoms with E-state index in [0.29, 0.717) is 30.4 Å². The van der Waals surface area contributed by atoms with E-state index in [2.05, 4.69) is 39.5 Å². The molecule has 176 valence electrons. The summed E-state index contributed by atoms with van der Waals surface area (Å²) in [6.07, 6.45) is 4.20. The van der Waals surface area contributed by atoms with Crippen molar-refractivity contribution in [2.75, 3.05) is 26.5 Å². The van der Waals surface area contributed by atoms with E-state index in [1.807, 2.05) is 0 Å². The lowest BCUT2D eigenvalue weighted by Gasteiger charge is -2.45. The average Bonchev–Trinajstić information content (AvgIpc) is 3.24. The van der Waals surface area contributed by atoms with Gasteiger partial charge in [0.25, 0.3) is 0 Å². The first-order chi connectivity index (χ1) is 15.3. The van der Waals surface area contributed by atoms with Gasteiger partial charge in [-0.1, -0.05) is 27.2 Å². The molecule has 0 N–H and O–H groups in total. The molecule has 1 aromatic carbocycles. The molecule has 1 aromatic rings. The van der Waals surface area contributed by atoms with E-state index in [-0.39, 0.29) is 0 Å². The van der Waals surface area contributed by atoms with Gasteiger partial charge in [-0.3, -0.25) is 4.90 Å². The molecule has 5 heterocycles. The minimum absolute atomic E-state index is 0.315. The first-order valence-electron chi connectivity index (χ1n) is 12.5. The molecule has 2 fully saturated rings. The van der Waals surface area contributed by atoms with Gasteiger partial charge in [-0.05, 0) is 31.1 Å². The van der Waals surface area contributed by atoms with Crippen LogP contribution in [0.15, 0.2) is 0 Å². The van der Waals surface area contributed by atoms with Crippen LogP contribution in [0.3, 0.4) is 0 Å². The molecule has 2 saturated heterocycles. The second-order valence-corrected chi connectivity index (χ2v) is 11.0. The Morgan fingerprint density at radius 1 is 0.844 bits per heavy atom. The molecular weight excluding hydrogens is 406 g/mol. The highest BCUT2D eigenvalue weighted by molar-refractivity contribution is 5.65. The monoisotopic (exact) mass is 443 g/mol. The summed E-state index contributed by atoms with van der Waals surface area (Å²) < 4.78 is 32.4. The summed E-state index contributed by atoms with van der Waals surface area (Å²) in [7, 11) is 0. The Labute approximate surface area is 191 Å². The molecule has 0 radical (unpaired) electrons. The van der Waals surface area contributed by atoms with E-state index in [1.165, 1.54) is 29.5 Å². The van der Waals surface area contributed by atoms with Crippen LogP contribution < -0.4 is 14.2 Å². The molecule has 0 aliphatic carbocycles. The standard InChI is InChI=1S/C26H37NO5/c1-6-7-8-27-11-19-22(28-14-27)17-9-20-15(2)12-29-25(20,4)31-23(17)18-10-21-16(3)13-30-26(21,5)32-24(18)19/h15-16,20-21H,6-14H2,1-5H3/t15-,16-,20+,21+,25+,26+/m0/s1. The number of rotatable bonds is 3. The highest BCUT2D eigenvalue weighted by atomic mass is 16.7. The summed E-state index contributed by atoms with van der Waals surface area (Å²) in [6, 6.07) is 0. The van der Waals surface area contributed by atoms with Crippen LogP contribution in [0.25, 0.3) is 0 Å². The maximum absolute atomic E-state index is 6.75. The molecule has 32 heavy (non-hydrogen) atoms. The lowest BCUT2D eigenvalue weighted by molar-refractivity contribution is -0.175. The Bertz CT molecular complexity index is 934. The van der Waals surface area contributed by atoms with Crippen molar-refractivity contribution >= 4 is 0 Å². The SMILES string of the molecule is CCCCN1COc2c3c(c4c(c2C1)O[C@@]1(C)OC[C@H](C)[C@H]1C4)O[C@@]1(C)OC[C@H](C)[C@H]1C3. The third-order valence-electron chi connectivity index (χ3n) is 8.69. The lowest BCUT2D eigenvalue weighted by Crippen LogP contribution is -2.48. The van der Waals surface area contributed by atoms with Gasteiger partial charge in [-0.25, -0.2) is 0 Å².